The molecule has 0 atom stereocenters. The van der Waals surface area contributed by atoms with E-state index in [0.29, 0.717) is 11.0 Å². The number of hydrogen-bond donors (Lipinski definition) is 1. The molecule has 1 aromatic heterocycles. The average Bonchev–Trinajstić information content (AvgIpc) is 2.75. The second-order valence-corrected chi connectivity index (χ2v) is 7.22. The summed E-state index contributed by atoms with van der Waals surface area (Å²) in [7, 11) is -3.74. The highest BCUT2D eigenvalue weighted by Gasteiger charge is 2.22. The summed E-state index contributed by atoms with van der Waals surface area (Å²) in [4.78, 5) is 4.29. The van der Waals surface area contributed by atoms with Gasteiger partial charge in [-0.25, -0.2) is 17.4 Å². The molecule has 0 unspecified atom stereocenters. The summed E-state index contributed by atoms with van der Waals surface area (Å²) < 4.78 is 27.4. The van der Waals surface area contributed by atoms with Crippen LogP contribution in [0.5, 0.6) is 0 Å². The monoisotopic (exact) mass is 399 g/mol. The number of hydrogen-bond acceptors (Lipinski definition) is 4. The molecule has 0 bridgehead atoms. The Morgan fingerprint density at radius 1 is 1.10 bits per heavy atom. The lowest BCUT2D eigenvalue weighted by molar-refractivity contribution is 0.589. The highest BCUT2D eigenvalue weighted by molar-refractivity contribution is 14.1. The Labute approximate surface area is 129 Å². The minimum Gasteiger partial charge on any atom is -0.368 e. The van der Waals surface area contributed by atoms with E-state index >= 15 is 0 Å². The number of nitrogen functional groups attached to an aromatic ring is 1. The van der Waals surface area contributed by atoms with E-state index in [1.54, 1.807) is 30.3 Å². The lowest BCUT2D eigenvalue weighted by Gasteiger charge is -2.08. The second kappa shape index (κ2) is 4.74. The molecule has 2 N–H and O–H groups in total. The number of halogens is 1. The van der Waals surface area contributed by atoms with E-state index in [1.165, 1.54) is 12.1 Å². The predicted octanol–water partition coefficient (Wildman–Crippen LogP) is 2.46. The lowest BCUT2D eigenvalue weighted by atomic mass is 10.3. The van der Waals surface area contributed by atoms with Crippen molar-refractivity contribution in [1.29, 1.82) is 0 Å². The first-order chi connectivity index (χ1) is 9.50. The van der Waals surface area contributed by atoms with Crippen LogP contribution in [0.4, 0.5) is 5.95 Å². The Kier molecular flexibility index (Phi) is 3.17. The Hall–Kier alpha value is -1.61. The number of fused-ring (bicyclic) bond motifs is 1. The highest BCUT2D eigenvalue weighted by Crippen LogP contribution is 2.25. The molecule has 0 amide bonds. The quantitative estimate of drug-likeness (QED) is 0.672. The van der Waals surface area contributed by atoms with Gasteiger partial charge < -0.3 is 5.73 Å². The van der Waals surface area contributed by atoms with Crippen molar-refractivity contribution >= 4 is 49.6 Å². The van der Waals surface area contributed by atoms with Gasteiger partial charge in [0.15, 0.2) is 0 Å². The summed E-state index contributed by atoms with van der Waals surface area (Å²) in [6, 6.07) is 13.5. The summed E-state index contributed by atoms with van der Waals surface area (Å²) in [5.74, 6) is -0.0362. The molecular weight excluding hydrogens is 389 g/mol. The van der Waals surface area contributed by atoms with Crippen molar-refractivity contribution in [2.45, 2.75) is 4.90 Å². The Balaban J connectivity index is 2.35. The van der Waals surface area contributed by atoms with Crippen LogP contribution < -0.4 is 5.73 Å². The number of imidazole rings is 1. The standard InChI is InChI=1S/C13H10IN3O2S/c14-9-6-7-11-12(8-9)17(13(15)16-11)20(18,19)10-4-2-1-3-5-10/h1-8H,(H2,15,16). The van der Waals surface area contributed by atoms with Gasteiger partial charge in [-0.3, -0.25) is 0 Å². The summed E-state index contributed by atoms with van der Waals surface area (Å²) >= 11 is 2.12. The van der Waals surface area contributed by atoms with E-state index in [1.807, 2.05) is 6.07 Å². The SMILES string of the molecule is Nc1nc2ccc(I)cc2n1S(=O)(=O)c1ccccc1. The number of nitrogens with zero attached hydrogens (tertiary/aromatic N) is 2. The van der Waals surface area contributed by atoms with Gasteiger partial charge >= 0.3 is 0 Å². The first-order valence-corrected chi connectivity index (χ1v) is 8.26. The van der Waals surface area contributed by atoms with Gasteiger partial charge in [-0.1, -0.05) is 18.2 Å². The maximum Gasteiger partial charge on any atom is 0.271 e. The van der Waals surface area contributed by atoms with Crippen molar-refractivity contribution in [3.05, 3.63) is 52.1 Å². The van der Waals surface area contributed by atoms with Crippen molar-refractivity contribution in [3.8, 4) is 0 Å². The topological polar surface area (TPSA) is 78.0 Å². The zero-order chi connectivity index (χ0) is 14.3. The second-order valence-electron chi connectivity index (χ2n) is 4.19. The number of aromatic nitrogens is 2. The molecule has 0 radical (unpaired) electrons. The van der Waals surface area contributed by atoms with Gasteiger partial charge in [-0.2, -0.15) is 0 Å². The van der Waals surface area contributed by atoms with Crippen molar-refractivity contribution < 1.29 is 8.42 Å². The molecular formula is C13H10IN3O2S. The molecule has 20 heavy (non-hydrogen) atoms. The van der Waals surface area contributed by atoms with Crippen LogP contribution >= 0.6 is 22.6 Å². The molecule has 3 aromatic rings. The van der Waals surface area contributed by atoms with Crippen LogP contribution in [0.25, 0.3) is 11.0 Å². The van der Waals surface area contributed by atoms with Crippen LogP contribution in [0.3, 0.4) is 0 Å². The predicted molar refractivity (Wildman–Crippen MR) is 85.9 cm³/mol. The third-order valence-electron chi connectivity index (χ3n) is 2.88. The molecule has 5 nitrogen and oxygen atoms in total. The van der Waals surface area contributed by atoms with Gasteiger partial charge in [-0.15, -0.1) is 0 Å². The van der Waals surface area contributed by atoms with Crippen molar-refractivity contribution in [3.63, 3.8) is 0 Å². The Morgan fingerprint density at radius 2 is 1.80 bits per heavy atom. The minimum absolute atomic E-state index is 0.0362. The molecule has 7 heteroatoms. The van der Waals surface area contributed by atoms with E-state index in [9.17, 15) is 8.42 Å². The fraction of sp³-hybridized carbons (Fsp3) is 0. The Bertz CT molecular complexity index is 889. The zero-order valence-electron chi connectivity index (χ0n) is 10.2. The molecule has 0 saturated carbocycles. The largest absolute Gasteiger partial charge is 0.368 e. The fourth-order valence-electron chi connectivity index (χ4n) is 2.00. The smallest absolute Gasteiger partial charge is 0.271 e. The van der Waals surface area contributed by atoms with Crippen LogP contribution in [0.2, 0.25) is 0 Å². The van der Waals surface area contributed by atoms with Crippen molar-refractivity contribution in [2.24, 2.45) is 0 Å². The van der Waals surface area contributed by atoms with Crippen molar-refractivity contribution in [1.82, 2.24) is 8.96 Å². The van der Waals surface area contributed by atoms with Crippen LogP contribution in [0, 0.1) is 3.57 Å². The molecule has 0 aliphatic rings. The van der Waals surface area contributed by atoms with E-state index in [4.69, 9.17) is 5.73 Å². The highest BCUT2D eigenvalue weighted by atomic mass is 127. The van der Waals surface area contributed by atoms with Gasteiger partial charge in [-0.05, 0) is 52.9 Å². The van der Waals surface area contributed by atoms with Gasteiger partial charge in [0.05, 0.1) is 15.9 Å². The average molecular weight is 399 g/mol. The molecule has 0 spiro atoms. The van der Waals surface area contributed by atoms with Gasteiger partial charge in [0.25, 0.3) is 10.0 Å². The summed E-state index contributed by atoms with van der Waals surface area (Å²) in [5.41, 5.74) is 6.84. The van der Waals surface area contributed by atoms with Gasteiger partial charge in [0.2, 0.25) is 5.95 Å². The summed E-state index contributed by atoms with van der Waals surface area (Å²) in [5, 5.41) is 0. The van der Waals surface area contributed by atoms with Crippen LogP contribution in [-0.4, -0.2) is 17.4 Å². The summed E-state index contributed by atoms with van der Waals surface area (Å²) in [6.45, 7) is 0. The van der Waals surface area contributed by atoms with E-state index in [0.717, 1.165) is 7.54 Å². The zero-order valence-corrected chi connectivity index (χ0v) is 13.2. The minimum atomic E-state index is -3.74. The van der Waals surface area contributed by atoms with E-state index in [-0.39, 0.29) is 10.8 Å². The molecule has 2 aromatic carbocycles. The van der Waals surface area contributed by atoms with Crippen LogP contribution in [-0.2, 0) is 10.0 Å². The van der Waals surface area contributed by atoms with Crippen LogP contribution in [0.15, 0.2) is 53.4 Å². The molecule has 102 valence electrons. The molecule has 3 rings (SSSR count). The third kappa shape index (κ3) is 2.06. The maximum absolute atomic E-state index is 12.7. The van der Waals surface area contributed by atoms with E-state index < -0.39 is 10.0 Å². The van der Waals surface area contributed by atoms with Gasteiger partial charge in [0, 0.05) is 3.57 Å². The maximum atomic E-state index is 12.7. The van der Waals surface area contributed by atoms with Crippen LogP contribution in [0.1, 0.15) is 0 Å². The van der Waals surface area contributed by atoms with Gasteiger partial charge in [0.1, 0.15) is 0 Å². The fourth-order valence-corrected chi connectivity index (χ4v) is 3.88. The number of nitrogens with two attached hydrogens (primary N) is 1. The molecule has 0 aliphatic heterocycles. The lowest BCUT2D eigenvalue weighted by Crippen LogP contribution is -2.15. The number of benzene rings is 2. The van der Waals surface area contributed by atoms with Crippen molar-refractivity contribution in [2.75, 3.05) is 5.73 Å². The molecule has 0 saturated heterocycles. The number of anilines is 1. The molecule has 0 aliphatic carbocycles. The number of rotatable bonds is 2. The first kappa shape index (κ1) is 13.4. The van der Waals surface area contributed by atoms with E-state index in [2.05, 4.69) is 27.6 Å². The first-order valence-electron chi connectivity index (χ1n) is 5.74. The molecule has 0 fully saturated rings. The Morgan fingerprint density at radius 3 is 2.50 bits per heavy atom. The summed E-state index contributed by atoms with van der Waals surface area (Å²) in [6.07, 6.45) is 0. The molecule has 1 heterocycles. The third-order valence-corrected chi connectivity index (χ3v) is 5.28. The normalized spacial score (nSPS) is 11.8.